The zero-order valence-corrected chi connectivity index (χ0v) is 17.0. The van der Waals surface area contributed by atoms with E-state index in [1.165, 1.54) is 4.31 Å². The molecule has 0 N–H and O–H groups in total. The molecule has 1 aliphatic heterocycles. The fraction of sp³-hybridized carbons (Fsp3) is 0.381. The van der Waals surface area contributed by atoms with Crippen LogP contribution in [0.1, 0.15) is 22.7 Å². The molecule has 28 heavy (non-hydrogen) atoms. The Balaban J connectivity index is 1.66. The highest BCUT2D eigenvalue weighted by atomic mass is 32.2. The quantitative estimate of drug-likeness (QED) is 0.747. The van der Waals surface area contributed by atoms with Gasteiger partial charge in [0.15, 0.2) is 0 Å². The molecule has 0 amide bonds. The smallest absolute Gasteiger partial charge is 0.218 e. The highest BCUT2D eigenvalue weighted by Gasteiger charge is 2.30. The molecule has 0 bridgehead atoms. The van der Waals surface area contributed by atoms with Crippen LogP contribution in [0.5, 0.6) is 5.75 Å². The number of rotatable bonds is 6. The second-order valence-corrected chi connectivity index (χ2v) is 8.96. The second-order valence-electron chi connectivity index (χ2n) is 6.99. The molecule has 1 atom stereocenters. The van der Waals surface area contributed by atoms with Crippen molar-refractivity contribution in [2.75, 3.05) is 33.3 Å². The summed E-state index contributed by atoms with van der Waals surface area (Å²) < 4.78 is 32.4. The van der Waals surface area contributed by atoms with Crippen molar-refractivity contribution >= 4 is 10.0 Å². The summed E-state index contributed by atoms with van der Waals surface area (Å²) in [7, 11) is -1.78. The van der Waals surface area contributed by atoms with E-state index in [0.29, 0.717) is 31.9 Å². The highest BCUT2D eigenvalue weighted by molar-refractivity contribution is 7.88. The number of ether oxygens (including phenoxy) is 1. The molecule has 2 aromatic rings. The second kappa shape index (κ2) is 8.74. The van der Waals surface area contributed by atoms with E-state index in [1.807, 2.05) is 60.4 Å². The van der Waals surface area contributed by atoms with Crippen LogP contribution in [0.25, 0.3) is 0 Å². The van der Waals surface area contributed by atoms with Gasteiger partial charge in [-0.3, -0.25) is 4.90 Å². The number of methoxy groups -OCH3 is 1. The van der Waals surface area contributed by atoms with E-state index in [1.54, 1.807) is 7.11 Å². The van der Waals surface area contributed by atoms with Gasteiger partial charge in [-0.05, 0) is 30.2 Å². The Labute approximate surface area is 167 Å². The summed E-state index contributed by atoms with van der Waals surface area (Å²) in [5.74, 6) is 0.712. The van der Waals surface area contributed by atoms with Crippen molar-refractivity contribution in [3.05, 3.63) is 65.2 Å². The molecule has 1 unspecified atom stereocenters. The summed E-state index contributed by atoms with van der Waals surface area (Å²) in [6.07, 6.45) is 0. The standard InChI is InChI=1S/C21H25N3O3S/c1-17-5-3-6-18(13-17)16-28(25,26)24-11-9-23(10-12-24)21(15-22)19-7-4-8-20(14-19)27-2/h3-8,13-14,21H,9-12,16H2,1-2H3. The SMILES string of the molecule is COc1cccc(C(C#N)N2CCN(S(=O)(=O)Cc3cccc(C)c3)CC2)c1. The van der Waals surface area contributed by atoms with E-state index in [-0.39, 0.29) is 5.75 Å². The van der Waals surface area contributed by atoms with Gasteiger partial charge in [-0.2, -0.15) is 9.57 Å². The lowest BCUT2D eigenvalue weighted by molar-refractivity contribution is 0.162. The number of piperazine rings is 1. The fourth-order valence-corrected chi connectivity index (χ4v) is 5.03. The first-order valence-corrected chi connectivity index (χ1v) is 10.8. The molecule has 1 saturated heterocycles. The summed E-state index contributed by atoms with van der Waals surface area (Å²) in [6.45, 7) is 3.76. The van der Waals surface area contributed by atoms with Crippen molar-refractivity contribution in [1.29, 1.82) is 5.26 Å². The Kier molecular flexibility index (Phi) is 6.35. The van der Waals surface area contributed by atoms with Crippen molar-refractivity contribution in [3.63, 3.8) is 0 Å². The first kappa shape index (κ1) is 20.3. The Bertz CT molecular complexity index is 961. The lowest BCUT2D eigenvalue weighted by Crippen LogP contribution is -2.49. The van der Waals surface area contributed by atoms with E-state index in [9.17, 15) is 13.7 Å². The van der Waals surface area contributed by atoms with Gasteiger partial charge >= 0.3 is 0 Å². The molecule has 0 spiro atoms. The predicted octanol–water partition coefficient (Wildman–Crippen LogP) is 2.72. The molecule has 0 saturated carbocycles. The third-order valence-corrected chi connectivity index (χ3v) is 6.85. The van der Waals surface area contributed by atoms with Crippen LogP contribution in [0, 0.1) is 18.3 Å². The lowest BCUT2D eigenvalue weighted by atomic mass is 10.1. The van der Waals surface area contributed by atoms with Crippen LogP contribution < -0.4 is 4.74 Å². The van der Waals surface area contributed by atoms with Gasteiger partial charge in [0.05, 0.1) is 18.9 Å². The van der Waals surface area contributed by atoms with Crippen molar-refractivity contribution in [2.24, 2.45) is 0 Å². The Morgan fingerprint density at radius 2 is 1.82 bits per heavy atom. The normalized spacial score (nSPS) is 17.0. The molecule has 0 aliphatic carbocycles. The molecule has 0 aromatic heterocycles. The zero-order chi connectivity index (χ0) is 20.1. The van der Waals surface area contributed by atoms with Crippen LogP contribution in [-0.4, -0.2) is 50.9 Å². The van der Waals surface area contributed by atoms with E-state index < -0.39 is 16.1 Å². The minimum atomic E-state index is -3.38. The molecule has 1 aliphatic rings. The average molecular weight is 400 g/mol. The Morgan fingerprint density at radius 1 is 1.11 bits per heavy atom. The van der Waals surface area contributed by atoms with Gasteiger partial charge in [0.1, 0.15) is 11.8 Å². The minimum absolute atomic E-state index is 0.00619. The molecule has 1 heterocycles. The molecule has 6 nitrogen and oxygen atoms in total. The van der Waals surface area contributed by atoms with Gasteiger partial charge < -0.3 is 4.74 Å². The number of aryl methyl sites for hydroxylation is 1. The summed E-state index contributed by atoms with van der Waals surface area (Å²) in [5.41, 5.74) is 2.71. The average Bonchev–Trinajstić information content (AvgIpc) is 2.69. The number of sulfonamides is 1. The van der Waals surface area contributed by atoms with Crippen molar-refractivity contribution in [1.82, 2.24) is 9.21 Å². The van der Waals surface area contributed by atoms with E-state index in [4.69, 9.17) is 4.74 Å². The van der Waals surface area contributed by atoms with E-state index >= 15 is 0 Å². The first-order chi connectivity index (χ1) is 13.4. The predicted molar refractivity (Wildman–Crippen MR) is 108 cm³/mol. The topological polar surface area (TPSA) is 73.6 Å². The van der Waals surface area contributed by atoms with Gasteiger partial charge in [-0.15, -0.1) is 0 Å². The van der Waals surface area contributed by atoms with Gasteiger partial charge in [-0.25, -0.2) is 8.42 Å². The molecule has 7 heteroatoms. The fourth-order valence-electron chi connectivity index (χ4n) is 3.52. The van der Waals surface area contributed by atoms with Crippen LogP contribution in [0.2, 0.25) is 0 Å². The number of hydrogen-bond donors (Lipinski definition) is 0. The third kappa shape index (κ3) is 4.71. The minimum Gasteiger partial charge on any atom is -0.497 e. The molecule has 1 fully saturated rings. The van der Waals surface area contributed by atoms with Gasteiger partial charge in [-0.1, -0.05) is 42.0 Å². The molecule has 3 rings (SSSR count). The van der Waals surface area contributed by atoms with Crippen LogP contribution >= 0.6 is 0 Å². The van der Waals surface area contributed by atoms with E-state index in [2.05, 4.69) is 6.07 Å². The Hall–Kier alpha value is -2.40. The lowest BCUT2D eigenvalue weighted by Gasteiger charge is -2.36. The zero-order valence-electron chi connectivity index (χ0n) is 16.2. The number of nitrogens with zero attached hydrogens (tertiary/aromatic N) is 3. The van der Waals surface area contributed by atoms with Crippen LogP contribution in [0.3, 0.4) is 0 Å². The number of benzene rings is 2. The number of hydrogen-bond acceptors (Lipinski definition) is 5. The summed E-state index contributed by atoms with van der Waals surface area (Å²) in [5, 5.41) is 9.68. The van der Waals surface area contributed by atoms with Crippen molar-refractivity contribution in [2.45, 2.75) is 18.7 Å². The third-order valence-electron chi connectivity index (χ3n) is 5.00. The first-order valence-electron chi connectivity index (χ1n) is 9.24. The maximum atomic E-state index is 12.8. The molecular formula is C21H25N3O3S. The maximum absolute atomic E-state index is 12.8. The van der Waals surface area contributed by atoms with Crippen LogP contribution in [0.15, 0.2) is 48.5 Å². The summed E-state index contributed by atoms with van der Waals surface area (Å²) >= 11 is 0. The molecule has 2 aromatic carbocycles. The van der Waals surface area contributed by atoms with E-state index in [0.717, 1.165) is 16.7 Å². The summed E-state index contributed by atoms with van der Waals surface area (Å²) in [6, 6.07) is 17.0. The maximum Gasteiger partial charge on any atom is 0.218 e. The summed E-state index contributed by atoms with van der Waals surface area (Å²) in [4.78, 5) is 2.02. The van der Waals surface area contributed by atoms with Crippen LogP contribution in [-0.2, 0) is 15.8 Å². The highest BCUT2D eigenvalue weighted by Crippen LogP contribution is 2.26. The number of nitriles is 1. The monoisotopic (exact) mass is 399 g/mol. The van der Waals surface area contributed by atoms with Crippen molar-refractivity contribution < 1.29 is 13.2 Å². The van der Waals surface area contributed by atoms with Crippen LogP contribution in [0.4, 0.5) is 0 Å². The largest absolute Gasteiger partial charge is 0.497 e. The molecule has 148 valence electrons. The van der Waals surface area contributed by atoms with Gasteiger partial charge in [0, 0.05) is 26.2 Å². The molecular weight excluding hydrogens is 374 g/mol. The van der Waals surface area contributed by atoms with Gasteiger partial charge in [0.2, 0.25) is 10.0 Å². The van der Waals surface area contributed by atoms with Gasteiger partial charge in [0.25, 0.3) is 0 Å². The Morgan fingerprint density at radius 3 is 2.46 bits per heavy atom. The van der Waals surface area contributed by atoms with Crippen molar-refractivity contribution in [3.8, 4) is 11.8 Å². The molecule has 0 radical (unpaired) electrons.